The highest BCUT2D eigenvalue weighted by molar-refractivity contribution is 14.1. The van der Waals surface area contributed by atoms with Gasteiger partial charge in [-0.2, -0.15) is 0 Å². The molecule has 2 aromatic carbocycles. The average molecular weight is 378 g/mol. The van der Waals surface area contributed by atoms with E-state index in [9.17, 15) is 5.11 Å². The minimum atomic E-state index is -0.712. The Labute approximate surface area is 134 Å². The second-order valence-corrected chi connectivity index (χ2v) is 7.11. The molecule has 20 heavy (non-hydrogen) atoms. The summed E-state index contributed by atoms with van der Waals surface area (Å²) in [5.41, 5.74) is 2.93. The smallest absolute Gasteiger partial charge is 0.0939 e. The van der Waals surface area contributed by atoms with Crippen molar-refractivity contribution in [2.45, 2.75) is 37.7 Å². The molecule has 1 N–H and O–H groups in total. The molecule has 0 saturated carbocycles. The molecular formula is C18H19IO. The van der Waals surface area contributed by atoms with Crippen LogP contribution < -0.4 is 0 Å². The van der Waals surface area contributed by atoms with Crippen LogP contribution in [0.4, 0.5) is 0 Å². The van der Waals surface area contributed by atoms with Crippen LogP contribution in [-0.4, -0.2) is 5.11 Å². The number of fused-ring (bicyclic) bond motifs is 1. The number of hydrogen-bond acceptors (Lipinski definition) is 1. The molecule has 0 amide bonds. The molecule has 2 atom stereocenters. The van der Waals surface area contributed by atoms with Crippen molar-refractivity contribution in [3.63, 3.8) is 0 Å². The van der Waals surface area contributed by atoms with Crippen LogP contribution in [0.1, 0.15) is 42.4 Å². The van der Waals surface area contributed by atoms with E-state index in [0.717, 1.165) is 18.4 Å². The molecule has 2 unspecified atom stereocenters. The van der Waals surface area contributed by atoms with Crippen molar-refractivity contribution in [2.24, 2.45) is 0 Å². The predicted octanol–water partition coefficient (Wildman–Crippen LogP) is 4.62. The summed E-state index contributed by atoms with van der Waals surface area (Å²) in [6, 6.07) is 16.8. The zero-order valence-electron chi connectivity index (χ0n) is 11.6. The number of hydrogen-bond donors (Lipinski definition) is 1. The fourth-order valence-corrected chi connectivity index (χ4v) is 3.58. The summed E-state index contributed by atoms with van der Waals surface area (Å²) in [7, 11) is 0. The molecule has 0 fully saturated rings. The first-order chi connectivity index (χ1) is 9.58. The van der Waals surface area contributed by atoms with Gasteiger partial charge in [0.2, 0.25) is 0 Å². The van der Waals surface area contributed by atoms with Gasteiger partial charge in [-0.15, -0.1) is 0 Å². The monoisotopic (exact) mass is 378 g/mol. The van der Waals surface area contributed by atoms with E-state index in [1.165, 1.54) is 14.7 Å². The lowest BCUT2D eigenvalue weighted by atomic mass is 9.72. The Hall–Kier alpha value is -0.870. The molecule has 0 spiro atoms. The zero-order chi connectivity index (χ0) is 14.2. The van der Waals surface area contributed by atoms with E-state index in [1.54, 1.807) is 0 Å². The highest BCUT2D eigenvalue weighted by Crippen LogP contribution is 2.42. The minimum Gasteiger partial charge on any atom is -0.385 e. The standard InChI is InChI=1S/C18H19IO/c1-13-10-11-18(20,17-5-3-2-4-16(13)17)12-14-6-8-15(19)9-7-14/h2-9,13,20H,10-12H2,1H3. The van der Waals surface area contributed by atoms with Crippen molar-refractivity contribution in [2.75, 3.05) is 0 Å². The molecular weight excluding hydrogens is 359 g/mol. The molecule has 2 heteroatoms. The van der Waals surface area contributed by atoms with E-state index in [-0.39, 0.29) is 0 Å². The normalized spacial score (nSPS) is 25.2. The first kappa shape index (κ1) is 14.1. The molecule has 0 saturated heterocycles. The lowest BCUT2D eigenvalue weighted by Crippen LogP contribution is -2.33. The van der Waals surface area contributed by atoms with Crippen molar-refractivity contribution < 1.29 is 5.11 Å². The van der Waals surface area contributed by atoms with Gasteiger partial charge in [0.25, 0.3) is 0 Å². The van der Waals surface area contributed by atoms with E-state index in [2.05, 4.69) is 72.0 Å². The molecule has 0 heterocycles. The molecule has 0 radical (unpaired) electrons. The van der Waals surface area contributed by atoms with Gasteiger partial charge in [0.05, 0.1) is 5.60 Å². The molecule has 0 aliphatic heterocycles. The Bertz CT molecular complexity index is 605. The first-order valence-corrected chi connectivity index (χ1v) is 8.22. The topological polar surface area (TPSA) is 20.2 Å². The number of rotatable bonds is 2. The fourth-order valence-electron chi connectivity index (χ4n) is 3.22. The first-order valence-electron chi connectivity index (χ1n) is 7.15. The molecule has 2 aromatic rings. The predicted molar refractivity (Wildman–Crippen MR) is 90.9 cm³/mol. The molecule has 3 rings (SSSR count). The van der Waals surface area contributed by atoms with Crippen LogP contribution in [0.25, 0.3) is 0 Å². The summed E-state index contributed by atoms with van der Waals surface area (Å²) < 4.78 is 1.23. The van der Waals surface area contributed by atoms with Crippen LogP contribution >= 0.6 is 22.6 Å². The van der Waals surface area contributed by atoms with Crippen LogP contribution in [0, 0.1) is 3.57 Å². The third-order valence-corrected chi connectivity index (χ3v) is 5.11. The quantitative estimate of drug-likeness (QED) is 0.757. The van der Waals surface area contributed by atoms with Gasteiger partial charge in [0.15, 0.2) is 0 Å². The Morgan fingerprint density at radius 3 is 2.60 bits per heavy atom. The summed E-state index contributed by atoms with van der Waals surface area (Å²) in [6.45, 7) is 2.25. The molecule has 104 valence electrons. The Morgan fingerprint density at radius 2 is 1.85 bits per heavy atom. The maximum absolute atomic E-state index is 11.2. The average Bonchev–Trinajstić information content (AvgIpc) is 2.46. The van der Waals surface area contributed by atoms with E-state index in [0.29, 0.717) is 12.3 Å². The van der Waals surface area contributed by atoms with Crippen LogP contribution in [-0.2, 0) is 12.0 Å². The highest BCUT2D eigenvalue weighted by Gasteiger charge is 2.36. The highest BCUT2D eigenvalue weighted by atomic mass is 127. The van der Waals surface area contributed by atoms with Crippen molar-refractivity contribution in [3.8, 4) is 0 Å². The maximum Gasteiger partial charge on any atom is 0.0939 e. The van der Waals surface area contributed by atoms with Gasteiger partial charge in [-0.05, 0) is 70.2 Å². The Morgan fingerprint density at radius 1 is 1.15 bits per heavy atom. The van der Waals surface area contributed by atoms with E-state index in [1.807, 2.05) is 6.07 Å². The lowest BCUT2D eigenvalue weighted by molar-refractivity contribution is 0.0159. The molecule has 0 bridgehead atoms. The number of benzene rings is 2. The maximum atomic E-state index is 11.2. The van der Waals surface area contributed by atoms with Crippen molar-refractivity contribution >= 4 is 22.6 Å². The Kier molecular flexibility index (Phi) is 3.87. The van der Waals surface area contributed by atoms with E-state index >= 15 is 0 Å². The SMILES string of the molecule is CC1CCC(O)(Cc2ccc(I)cc2)c2ccccc21. The lowest BCUT2D eigenvalue weighted by Gasteiger charge is -2.37. The van der Waals surface area contributed by atoms with Gasteiger partial charge in [-0.3, -0.25) is 0 Å². The second-order valence-electron chi connectivity index (χ2n) is 5.86. The summed E-state index contributed by atoms with van der Waals surface area (Å²) in [5, 5.41) is 11.2. The summed E-state index contributed by atoms with van der Waals surface area (Å²) in [6.07, 6.45) is 2.60. The van der Waals surface area contributed by atoms with Crippen LogP contribution in [0.5, 0.6) is 0 Å². The second kappa shape index (κ2) is 5.49. The van der Waals surface area contributed by atoms with Gasteiger partial charge < -0.3 is 5.11 Å². The van der Waals surface area contributed by atoms with Gasteiger partial charge in [0, 0.05) is 9.99 Å². The fraction of sp³-hybridized carbons (Fsp3) is 0.333. The molecule has 1 aliphatic carbocycles. The summed E-state index contributed by atoms with van der Waals surface area (Å²) in [5.74, 6) is 0.545. The van der Waals surface area contributed by atoms with Gasteiger partial charge >= 0.3 is 0 Å². The van der Waals surface area contributed by atoms with E-state index in [4.69, 9.17) is 0 Å². The number of halogens is 1. The third kappa shape index (κ3) is 2.63. The van der Waals surface area contributed by atoms with Crippen LogP contribution in [0.2, 0.25) is 0 Å². The zero-order valence-corrected chi connectivity index (χ0v) is 13.8. The van der Waals surface area contributed by atoms with Crippen molar-refractivity contribution in [3.05, 3.63) is 68.8 Å². The molecule has 1 nitrogen and oxygen atoms in total. The molecule has 0 aromatic heterocycles. The Balaban J connectivity index is 1.96. The third-order valence-electron chi connectivity index (χ3n) is 4.39. The largest absolute Gasteiger partial charge is 0.385 e. The summed E-state index contributed by atoms with van der Waals surface area (Å²) in [4.78, 5) is 0. The summed E-state index contributed by atoms with van der Waals surface area (Å²) >= 11 is 2.31. The minimum absolute atomic E-state index is 0.545. The molecule has 1 aliphatic rings. The van der Waals surface area contributed by atoms with Crippen molar-refractivity contribution in [1.29, 1.82) is 0 Å². The van der Waals surface area contributed by atoms with Gasteiger partial charge in [0.1, 0.15) is 0 Å². The van der Waals surface area contributed by atoms with Crippen LogP contribution in [0.3, 0.4) is 0 Å². The number of aliphatic hydroxyl groups is 1. The van der Waals surface area contributed by atoms with Gasteiger partial charge in [-0.1, -0.05) is 43.3 Å². The van der Waals surface area contributed by atoms with Gasteiger partial charge in [-0.25, -0.2) is 0 Å². The van der Waals surface area contributed by atoms with E-state index < -0.39 is 5.60 Å². The van der Waals surface area contributed by atoms with Crippen LogP contribution in [0.15, 0.2) is 48.5 Å². The van der Waals surface area contributed by atoms with Crippen molar-refractivity contribution in [1.82, 2.24) is 0 Å².